The van der Waals surface area contributed by atoms with E-state index in [1.807, 2.05) is 26.0 Å². The van der Waals surface area contributed by atoms with Crippen LogP contribution in [-0.4, -0.2) is 19.5 Å². The Bertz CT molecular complexity index is 847. The Kier molecular flexibility index (Phi) is 4.97. The average Bonchev–Trinajstić information content (AvgIpc) is 2.47. The molecule has 5 nitrogen and oxygen atoms in total. The monoisotopic (exact) mass is 353 g/mol. The van der Waals surface area contributed by atoms with Gasteiger partial charge in [0.1, 0.15) is 4.90 Å². The van der Waals surface area contributed by atoms with E-state index in [0.29, 0.717) is 5.69 Å². The summed E-state index contributed by atoms with van der Waals surface area (Å²) in [6, 6.07) is 10.6. The molecule has 0 bridgehead atoms. The van der Waals surface area contributed by atoms with Crippen LogP contribution in [0.4, 0.5) is 5.69 Å². The van der Waals surface area contributed by atoms with E-state index >= 15 is 0 Å². The van der Waals surface area contributed by atoms with Crippen LogP contribution < -0.4 is 4.72 Å². The van der Waals surface area contributed by atoms with Crippen LogP contribution in [0.5, 0.6) is 0 Å². The number of sulfonamides is 1. The second-order valence-corrected chi connectivity index (χ2v) is 7.36. The molecule has 0 saturated carbocycles. The summed E-state index contributed by atoms with van der Waals surface area (Å²) in [7, 11) is -4.00. The minimum absolute atomic E-state index is 0.0375. The Morgan fingerprint density at radius 3 is 2.43 bits per heavy atom. The summed E-state index contributed by atoms with van der Waals surface area (Å²) in [5, 5.41) is 8.98. The van der Waals surface area contributed by atoms with Crippen LogP contribution in [-0.2, 0) is 10.0 Å². The number of rotatable bonds is 5. The van der Waals surface area contributed by atoms with Gasteiger partial charge < -0.3 is 5.11 Å². The third-order valence-corrected chi connectivity index (χ3v) is 5.14. The van der Waals surface area contributed by atoms with Gasteiger partial charge in [0, 0.05) is 0 Å². The average molecular weight is 354 g/mol. The van der Waals surface area contributed by atoms with Crippen LogP contribution in [0.15, 0.2) is 47.4 Å². The molecule has 0 aliphatic carbocycles. The van der Waals surface area contributed by atoms with Gasteiger partial charge >= 0.3 is 5.97 Å². The molecule has 0 unspecified atom stereocenters. The molecular formula is C16H16ClNO4S. The van der Waals surface area contributed by atoms with E-state index in [4.69, 9.17) is 16.7 Å². The third-order valence-electron chi connectivity index (χ3n) is 3.29. The molecule has 0 radical (unpaired) electrons. The highest BCUT2D eigenvalue weighted by atomic mass is 35.5. The predicted molar refractivity (Wildman–Crippen MR) is 89.8 cm³/mol. The Morgan fingerprint density at radius 2 is 1.83 bits per heavy atom. The van der Waals surface area contributed by atoms with Crippen molar-refractivity contribution in [3.63, 3.8) is 0 Å². The van der Waals surface area contributed by atoms with Gasteiger partial charge in [-0.25, -0.2) is 13.2 Å². The summed E-state index contributed by atoms with van der Waals surface area (Å²) in [6.45, 7) is 3.90. The molecular weight excluding hydrogens is 338 g/mol. The lowest BCUT2D eigenvalue weighted by Gasteiger charge is -2.15. The normalized spacial score (nSPS) is 11.5. The minimum Gasteiger partial charge on any atom is -0.478 e. The van der Waals surface area contributed by atoms with E-state index in [9.17, 15) is 13.2 Å². The molecule has 0 saturated heterocycles. The molecule has 0 aliphatic rings. The van der Waals surface area contributed by atoms with Gasteiger partial charge in [-0.15, -0.1) is 0 Å². The second kappa shape index (κ2) is 6.60. The first-order chi connectivity index (χ1) is 10.7. The number of carboxylic acids is 1. The summed E-state index contributed by atoms with van der Waals surface area (Å²) in [5.74, 6) is -1.10. The first-order valence-electron chi connectivity index (χ1n) is 6.87. The van der Waals surface area contributed by atoms with Crippen molar-refractivity contribution in [1.29, 1.82) is 0 Å². The lowest BCUT2D eigenvalue weighted by molar-refractivity contribution is 0.0696. The number of benzene rings is 2. The second-order valence-electron chi connectivity index (χ2n) is 5.30. The van der Waals surface area contributed by atoms with Crippen molar-refractivity contribution in [3.8, 4) is 0 Å². The van der Waals surface area contributed by atoms with Gasteiger partial charge in [0.2, 0.25) is 0 Å². The van der Waals surface area contributed by atoms with Gasteiger partial charge in [0.15, 0.2) is 0 Å². The quantitative estimate of drug-likeness (QED) is 0.852. The van der Waals surface area contributed by atoms with Gasteiger partial charge in [-0.3, -0.25) is 4.72 Å². The van der Waals surface area contributed by atoms with Crippen LogP contribution in [0, 0.1) is 0 Å². The van der Waals surface area contributed by atoms with E-state index in [1.54, 1.807) is 12.1 Å². The van der Waals surface area contributed by atoms with E-state index < -0.39 is 16.0 Å². The Hall–Kier alpha value is -2.05. The molecule has 7 heteroatoms. The zero-order valence-corrected chi connectivity index (χ0v) is 14.1. The number of anilines is 1. The number of hydrogen-bond donors (Lipinski definition) is 2. The summed E-state index contributed by atoms with van der Waals surface area (Å²) in [4.78, 5) is 10.8. The van der Waals surface area contributed by atoms with Crippen LogP contribution in [0.2, 0.25) is 5.02 Å². The lowest BCUT2D eigenvalue weighted by atomic mass is 10.0. The highest BCUT2D eigenvalue weighted by Crippen LogP contribution is 2.29. The summed E-state index contributed by atoms with van der Waals surface area (Å²) < 4.78 is 27.7. The van der Waals surface area contributed by atoms with Crippen molar-refractivity contribution in [3.05, 3.63) is 58.6 Å². The number of halogens is 1. The van der Waals surface area contributed by atoms with E-state index in [2.05, 4.69) is 4.72 Å². The molecule has 2 aromatic carbocycles. The molecule has 0 heterocycles. The summed E-state index contributed by atoms with van der Waals surface area (Å²) in [6.07, 6.45) is 0. The fourth-order valence-electron chi connectivity index (χ4n) is 2.14. The maximum absolute atomic E-state index is 12.6. The van der Waals surface area contributed by atoms with E-state index in [1.165, 1.54) is 12.1 Å². The van der Waals surface area contributed by atoms with Gasteiger partial charge in [-0.05, 0) is 35.7 Å². The first kappa shape index (κ1) is 17.3. The minimum atomic E-state index is -4.00. The van der Waals surface area contributed by atoms with Crippen LogP contribution in [0.1, 0.15) is 35.7 Å². The standard InChI is InChI=1S/C16H16ClNO4S/c1-10(2)12-5-3-4-6-14(12)18-23(21,22)15-9-11(16(19)20)7-8-13(15)17/h3-10,18H,1-2H3,(H,19,20). The molecule has 2 aromatic rings. The number of carboxylic acid groups (broad SMARTS) is 1. The maximum Gasteiger partial charge on any atom is 0.335 e. The van der Waals surface area contributed by atoms with Crippen molar-refractivity contribution in [1.82, 2.24) is 0 Å². The van der Waals surface area contributed by atoms with Crippen molar-refractivity contribution in [2.45, 2.75) is 24.7 Å². The molecule has 122 valence electrons. The van der Waals surface area contributed by atoms with Gasteiger partial charge in [0.05, 0.1) is 16.3 Å². The van der Waals surface area contributed by atoms with Crippen molar-refractivity contribution in [2.75, 3.05) is 4.72 Å². The fourth-order valence-corrected chi connectivity index (χ4v) is 3.75. The van der Waals surface area contributed by atoms with E-state index in [-0.39, 0.29) is 21.4 Å². The largest absolute Gasteiger partial charge is 0.478 e. The van der Waals surface area contributed by atoms with Crippen molar-refractivity contribution < 1.29 is 18.3 Å². The fraction of sp³-hybridized carbons (Fsp3) is 0.188. The van der Waals surface area contributed by atoms with Crippen LogP contribution >= 0.6 is 11.6 Å². The molecule has 2 rings (SSSR count). The topological polar surface area (TPSA) is 83.5 Å². The molecule has 0 aromatic heterocycles. The zero-order chi connectivity index (χ0) is 17.2. The van der Waals surface area contributed by atoms with Gasteiger partial charge in [-0.2, -0.15) is 0 Å². The summed E-state index contributed by atoms with van der Waals surface area (Å²) in [5.41, 5.74) is 1.13. The maximum atomic E-state index is 12.6. The third kappa shape index (κ3) is 3.83. The molecule has 2 N–H and O–H groups in total. The first-order valence-corrected chi connectivity index (χ1v) is 8.73. The summed E-state index contributed by atoms with van der Waals surface area (Å²) >= 11 is 5.94. The number of para-hydroxylation sites is 1. The lowest BCUT2D eigenvalue weighted by Crippen LogP contribution is -2.15. The number of hydrogen-bond acceptors (Lipinski definition) is 3. The number of carbonyl (C=O) groups is 1. The Labute approximate surface area is 140 Å². The molecule has 0 spiro atoms. The SMILES string of the molecule is CC(C)c1ccccc1NS(=O)(=O)c1cc(C(=O)O)ccc1Cl. The molecule has 23 heavy (non-hydrogen) atoms. The molecule has 0 fully saturated rings. The number of nitrogens with one attached hydrogen (secondary N) is 1. The number of aromatic carboxylic acids is 1. The molecule has 0 aliphatic heterocycles. The van der Waals surface area contributed by atoms with Crippen molar-refractivity contribution in [2.24, 2.45) is 0 Å². The highest BCUT2D eigenvalue weighted by molar-refractivity contribution is 7.92. The van der Waals surface area contributed by atoms with Gasteiger partial charge in [0.25, 0.3) is 10.0 Å². The van der Waals surface area contributed by atoms with Crippen LogP contribution in [0.25, 0.3) is 0 Å². The van der Waals surface area contributed by atoms with Crippen molar-refractivity contribution >= 4 is 33.3 Å². The Balaban J connectivity index is 2.48. The Morgan fingerprint density at radius 1 is 1.17 bits per heavy atom. The van der Waals surface area contributed by atoms with Crippen LogP contribution in [0.3, 0.4) is 0 Å². The van der Waals surface area contributed by atoms with E-state index in [0.717, 1.165) is 11.6 Å². The zero-order valence-electron chi connectivity index (χ0n) is 12.6. The highest BCUT2D eigenvalue weighted by Gasteiger charge is 2.21. The van der Waals surface area contributed by atoms with Gasteiger partial charge in [-0.1, -0.05) is 43.6 Å². The molecule has 0 amide bonds. The molecule has 0 atom stereocenters. The predicted octanol–water partition coefficient (Wildman–Crippen LogP) is 3.96. The smallest absolute Gasteiger partial charge is 0.335 e.